The molecule has 0 unspecified atom stereocenters. The van der Waals surface area contributed by atoms with Gasteiger partial charge < -0.3 is 19.9 Å². The zero-order valence-corrected chi connectivity index (χ0v) is 23.7. The predicted molar refractivity (Wildman–Crippen MR) is 152 cm³/mol. The number of nitrogens with zero attached hydrogens (tertiary/aromatic N) is 1. The van der Waals surface area contributed by atoms with Gasteiger partial charge in [-0.3, -0.25) is 24.1 Å². The SMILES string of the molecule is COc1cc(Br)cc([C@H]2C3=CC[C@@H]4C(=O)N(c5cccc(B(O)O)c5)C(=O)[C@@H]4[C@@H]3CC3=C2C(=O)C(C)=CC3=O)c1O. The van der Waals surface area contributed by atoms with E-state index in [9.17, 15) is 34.3 Å². The number of allylic oxidation sites excluding steroid dienone is 6. The van der Waals surface area contributed by atoms with E-state index in [2.05, 4.69) is 15.9 Å². The molecule has 0 saturated carbocycles. The van der Waals surface area contributed by atoms with E-state index in [1.807, 2.05) is 6.08 Å². The van der Waals surface area contributed by atoms with Gasteiger partial charge in [0.1, 0.15) is 0 Å². The van der Waals surface area contributed by atoms with Crippen LogP contribution >= 0.6 is 15.9 Å². The molecule has 2 amide bonds. The number of fused-ring (bicyclic) bond motifs is 3. The van der Waals surface area contributed by atoms with E-state index in [4.69, 9.17) is 4.74 Å². The number of phenolic OH excluding ortho intramolecular Hbond substituents is 1. The number of carbonyl (C=O) groups excluding carboxylic acids is 4. The summed E-state index contributed by atoms with van der Waals surface area (Å²) >= 11 is 3.45. The molecule has 1 fully saturated rings. The summed E-state index contributed by atoms with van der Waals surface area (Å²) in [7, 11) is -0.363. The van der Waals surface area contributed by atoms with E-state index in [1.54, 1.807) is 25.1 Å². The van der Waals surface area contributed by atoms with Crippen molar-refractivity contribution in [2.75, 3.05) is 12.0 Å². The Hall–Kier alpha value is -3.80. The maximum Gasteiger partial charge on any atom is 0.488 e. The number of carbonyl (C=O) groups is 4. The third-order valence-corrected chi connectivity index (χ3v) is 9.05. The smallest absolute Gasteiger partial charge is 0.488 e. The fourth-order valence-electron chi connectivity index (χ4n) is 6.77. The maximum atomic E-state index is 14.0. The average Bonchev–Trinajstić information content (AvgIpc) is 3.21. The molecule has 6 rings (SSSR count). The number of amides is 2. The number of imide groups is 1. The predicted octanol–water partition coefficient (Wildman–Crippen LogP) is 2.48. The van der Waals surface area contributed by atoms with E-state index in [0.29, 0.717) is 15.6 Å². The lowest BCUT2D eigenvalue weighted by molar-refractivity contribution is -0.123. The summed E-state index contributed by atoms with van der Waals surface area (Å²) in [6, 6.07) is 9.22. The molecule has 1 aliphatic heterocycles. The van der Waals surface area contributed by atoms with Crippen molar-refractivity contribution in [3.05, 3.63) is 80.9 Å². The van der Waals surface area contributed by atoms with Gasteiger partial charge in [-0.25, -0.2) is 0 Å². The van der Waals surface area contributed by atoms with Crippen molar-refractivity contribution < 1.29 is 39.1 Å². The number of phenols is 1. The van der Waals surface area contributed by atoms with Crippen molar-refractivity contribution in [1.29, 1.82) is 0 Å². The molecular formula is C30H25BBrNO8. The number of halogens is 1. The maximum absolute atomic E-state index is 14.0. The van der Waals surface area contributed by atoms with Crippen LogP contribution in [0.3, 0.4) is 0 Å². The van der Waals surface area contributed by atoms with Gasteiger partial charge in [0.15, 0.2) is 23.1 Å². The first-order chi connectivity index (χ1) is 19.5. The third kappa shape index (κ3) is 4.14. The van der Waals surface area contributed by atoms with Crippen molar-refractivity contribution >= 4 is 57.6 Å². The highest BCUT2D eigenvalue weighted by molar-refractivity contribution is 9.10. The number of anilines is 1. The Labute approximate surface area is 244 Å². The zero-order chi connectivity index (χ0) is 29.3. The van der Waals surface area contributed by atoms with Crippen molar-refractivity contribution in [2.45, 2.75) is 25.7 Å². The van der Waals surface area contributed by atoms with Crippen LogP contribution < -0.4 is 15.1 Å². The van der Waals surface area contributed by atoms with E-state index in [-0.39, 0.29) is 63.8 Å². The van der Waals surface area contributed by atoms with Crippen LogP contribution in [0.15, 0.2) is 75.3 Å². The normalized spacial score (nSPS) is 25.4. The first-order valence-corrected chi connectivity index (χ1v) is 13.9. The second-order valence-corrected chi connectivity index (χ2v) is 11.7. The molecular weight excluding hydrogens is 593 g/mol. The molecule has 0 spiro atoms. The molecule has 0 aromatic heterocycles. The second kappa shape index (κ2) is 9.94. The van der Waals surface area contributed by atoms with Crippen LogP contribution in [0.1, 0.15) is 31.2 Å². The summed E-state index contributed by atoms with van der Waals surface area (Å²) < 4.78 is 5.96. The Morgan fingerprint density at radius 1 is 1.05 bits per heavy atom. The largest absolute Gasteiger partial charge is 0.504 e. The van der Waals surface area contributed by atoms with Crippen LogP contribution in [0.5, 0.6) is 11.5 Å². The monoisotopic (exact) mass is 617 g/mol. The Morgan fingerprint density at radius 2 is 1.80 bits per heavy atom. The molecule has 208 valence electrons. The molecule has 2 aromatic carbocycles. The third-order valence-electron chi connectivity index (χ3n) is 8.59. The lowest BCUT2D eigenvalue weighted by atomic mass is 9.59. The molecule has 1 heterocycles. The highest BCUT2D eigenvalue weighted by Crippen LogP contribution is 2.57. The molecule has 3 N–H and O–H groups in total. The lowest BCUT2D eigenvalue weighted by Crippen LogP contribution is -2.40. The van der Waals surface area contributed by atoms with Gasteiger partial charge in [-0.05, 0) is 61.5 Å². The van der Waals surface area contributed by atoms with Crippen LogP contribution in [0.25, 0.3) is 0 Å². The van der Waals surface area contributed by atoms with Crippen molar-refractivity contribution in [3.8, 4) is 11.5 Å². The average molecular weight is 618 g/mol. The number of aromatic hydroxyl groups is 1. The first kappa shape index (κ1) is 27.4. The molecule has 9 nitrogen and oxygen atoms in total. The number of Topliss-reactive ketones (excluding diaryl/α,β-unsaturated/α-hetero) is 1. The first-order valence-electron chi connectivity index (χ1n) is 13.1. The van der Waals surface area contributed by atoms with Crippen LogP contribution in [-0.4, -0.2) is 52.8 Å². The molecule has 3 aliphatic carbocycles. The van der Waals surface area contributed by atoms with Crippen LogP contribution in [0.4, 0.5) is 5.69 Å². The minimum Gasteiger partial charge on any atom is -0.504 e. The molecule has 1 saturated heterocycles. The fourth-order valence-corrected chi connectivity index (χ4v) is 7.22. The van der Waals surface area contributed by atoms with Crippen molar-refractivity contribution in [3.63, 3.8) is 0 Å². The van der Waals surface area contributed by atoms with Gasteiger partial charge in [0, 0.05) is 32.7 Å². The van der Waals surface area contributed by atoms with Gasteiger partial charge in [-0.1, -0.05) is 39.7 Å². The summed E-state index contributed by atoms with van der Waals surface area (Å²) in [4.78, 5) is 55.6. The summed E-state index contributed by atoms with van der Waals surface area (Å²) in [5.74, 6) is -4.43. The van der Waals surface area contributed by atoms with E-state index in [0.717, 1.165) is 4.90 Å². The van der Waals surface area contributed by atoms with Gasteiger partial charge >= 0.3 is 7.12 Å². The number of methoxy groups -OCH3 is 1. The molecule has 4 atom stereocenters. The lowest BCUT2D eigenvalue weighted by Gasteiger charge is -2.42. The van der Waals surface area contributed by atoms with E-state index >= 15 is 0 Å². The van der Waals surface area contributed by atoms with Crippen molar-refractivity contribution in [1.82, 2.24) is 0 Å². The zero-order valence-electron chi connectivity index (χ0n) is 22.1. The van der Waals surface area contributed by atoms with Gasteiger partial charge in [0.2, 0.25) is 11.8 Å². The molecule has 0 radical (unpaired) electrons. The molecule has 0 bridgehead atoms. The molecule has 41 heavy (non-hydrogen) atoms. The van der Waals surface area contributed by atoms with Crippen LogP contribution in [0.2, 0.25) is 0 Å². The van der Waals surface area contributed by atoms with Crippen LogP contribution in [0, 0.1) is 17.8 Å². The number of ketones is 2. The highest BCUT2D eigenvalue weighted by atomic mass is 79.9. The molecule has 11 heteroatoms. The Bertz CT molecular complexity index is 1660. The Morgan fingerprint density at radius 3 is 2.51 bits per heavy atom. The Balaban J connectivity index is 1.50. The van der Waals surface area contributed by atoms with Gasteiger partial charge in [0.05, 0.1) is 24.6 Å². The Kier molecular flexibility index (Phi) is 6.63. The summed E-state index contributed by atoms with van der Waals surface area (Å²) in [5.41, 5.74) is 2.24. The number of rotatable bonds is 4. The van der Waals surface area contributed by atoms with Gasteiger partial charge in [-0.2, -0.15) is 0 Å². The molecule has 2 aromatic rings. The van der Waals surface area contributed by atoms with Crippen molar-refractivity contribution in [2.24, 2.45) is 17.8 Å². The number of benzene rings is 2. The van der Waals surface area contributed by atoms with E-state index in [1.165, 1.54) is 31.4 Å². The van der Waals surface area contributed by atoms with Gasteiger partial charge in [0.25, 0.3) is 0 Å². The van der Waals surface area contributed by atoms with Gasteiger partial charge in [-0.15, -0.1) is 0 Å². The fraction of sp³-hybridized carbons (Fsp3) is 0.267. The molecule has 4 aliphatic rings. The second-order valence-electron chi connectivity index (χ2n) is 10.8. The standard InChI is InChI=1S/C30H25BBrNO8/c1-13-8-22(34)20-12-19-17(24(26(20)27(13)35)21-10-15(32)11-23(41-2)28(21)36)6-7-18-25(19)30(38)33(29(18)37)16-5-3-4-14(9-16)31(39)40/h3-6,8-11,18-19,24-25,36,39-40H,7,12H2,1-2H3/t18-,19+,24+,25-/m0/s1. The van der Waals surface area contributed by atoms with E-state index < -0.39 is 42.6 Å². The number of hydrogen-bond acceptors (Lipinski definition) is 8. The summed E-state index contributed by atoms with van der Waals surface area (Å²) in [5, 5.41) is 30.5. The minimum absolute atomic E-state index is 0.0986. The minimum atomic E-state index is -1.77. The number of ether oxygens (including phenoxy) is 1. The topological polar surface area (TPSA) is 141 Å². The summed E-state index contributed by atoms with van der Waals surface area (Å²) in [6.07, 6.45) is 3.48. The summed E-state index contributed by atoms with van der Waals surface area (Å²) in [6.45, 7) is 1.58. The number of hydrogen-bond donors (Lipinski definition) is 3. The quantitative estimate of drug-likeness (QED) is 0.206. The van der Waals surface area contributed by atoms with Crippen LogP contribution in [-0.2, 0) is 19.2 Å². The highest BCUT2D eigenvalue weighted by Gasteiger charge is 2.57.